The molecule has 1 fully saturated rings. The van der Waals surface area contributed by atoms with E-state index >= 15 is 0 Å². The summed E-state index contributed by atoms with van der Waals surface area (Å²) < 4.78 is 36.8. The molecule has 0 aliphatic carbocycles. The highest BCUT2D eigenvalue weighted by Crippen LogP contribution is 2.37. The lowest BCUT2D eigenvalue weighted by molar-refractivity contribution is 0.265. The van der Waals surface area contributed by atoms with Gasteiger partial charge in [-0.2, -0.15) is 4.31 Å². The van der Waals surface area contributed by atoms with Gasteiger partial charge in [-0.05, 0) is 22.0 Å². The Morgan fingerprint density at radius 3 is 2.26 bits per heavy atom. The third-order valence-electron chi connectivity index (χ3n) is 2.93. The molecule has 0 aromatic heterocycles. The van der Waals surface area contributed by atoms with Crippen LogP contribution in [0.3, 0.4) is 0 Å². The van der Waals surface area contributed by atoms with E-state index in [4.69, 9.17) is 15.2 Å². The van der Waals surface area contributed by atoms with Crippen LogP contribution in [0, 0.1) is 0 Å². The van der Waals surface area contributed by atoms with E-state index < -0.39 is 10.0 Å². The van der Waals surface area contributed by atoms with Crippen LogP contribution >= 0.6 is 15.9 Å². The van der Waals surface area contributed by atoms with Gasteiger partial charge in [0.25, 0.3) is 0 Å². The maximum Gasteiger partial charge on any atom is 0.244 e. The van der Waals surface area contributed by atoms with Crippen LogP contribution in [0.1, 0.15) is 0 Å². The van der Waals surface area contributed by atoms with E-state index in [9.17, 15) is 8.42 Å². The van der Waals surface area contributed by atoms with E-state index in [2.05, 4.69) is 15.9 Å². The molecule has 0 spiro atoms. The Bertz CT molecular complexity index is 585. The van der Waals surface area contributed by atoms with E-state index in [1.54, 1.807) is 6.07 Å². The first-order valence-electron chi connectivity index (χ1n) is 5.57. The highest BCUT2D eigenvalue weighted by molar-refractivity contribution is 9.10. The number of halogens is 1. The second-order valence-electron chi connectivity index (χ2n) is 4.22. The smallest absolute Gasteiger partial charge is 0.244 e. The van der Waals surface area contributed by atoms with Crippen molar-refractivity contribution in [2.24, 2.45) is 5.73 Å². The first-order chi connectivity index (χ1) is 8.90. The summed E-state index contributed by atoms with van der Waals surface area (Å²) in [7, 11) is -0.600. The third-order valence-corrected chi connectivity index (χ3v) is 5.72. The van der Waals surface area contributed by atoms with Crippen molar-refractivity contribution in [3.8, 4) is 11.5 Å². The fraction of sp³-hybridized carbons (Fsp3) is 0.455. The van der Waals surface area contributed by atoms with Gasteiger partial charge in [0.15, 0.2) is 11.5 Å². The van der Waals surface area contributed by atoms with Gasteiger partial charge in [-0.3, -0.25) is 0 Å². The van der Waals surface area contributed by atoms with Gasteiger partial charge in [-0.25, -0.2) is 8.42 Å². The average molecular weight is 351 g/mol. The lowest BCUT2D eigenvalue weighted by Crippen LogP contribution is -2.57. The van der Waals surface area contributed by atoms with Crippen LogP contribution in [0.5, 0.6) is 11.5 Å². The lowest BCUT2D eigenvalue weighted by Gasteiger charge is -2.35. The predicted molar refractivity (Wildman–Crippen MR) is 74.0 cm³/mol. The fourth-order valence-corrected chi connectivity index (χ4v) is 4.39. The second-order valence-corrected chi connectivity index (χ2v) is 6.98. The van der Waals surface area contributed by atoms with Crippen molar-refractivity contribution in [3.05, 3.63) is 16.6 Å². The predicted octanol–water partition coefficient (Wildman–Crippen LogP) is 0.798. The van der Waals surface area contributed by atoms with Crippen molar-refractivity contribution in [1.82, 2.24) is 4.31 Å². The quantitative estimate of drug-likeness (QED) is 0.868. The van der Waals surface area contributed by atoms with Gasteiger partial charge in [0.1, 0.15) is 4.90 Å². The second kappa shape index (κ2) is 5.28. The molecule has 2 rings (SSSR count). The molecule has 0 amide bonds. The zero-order valence-electron chi connectivity index (χ0n) is 10.6. The standard InChI is InChI=1S/C11H15BrN2O4S/c1-17-9-3-8(12)11(4-10(9)18-2)19(15,16)14-5-7(13)6-14/h3-4,7H,5-6,13H2,1-2H3. The zero-order valence-corrected chi connectivity index (χ0v) is 13.0. The molecule has 1 heterocycles. The molecule has 0 unspecified atom stereocenters. The molecule has 0 bridgehead atoms. The van der Waals surface area contributed by atoms with Gasteiger partial charge in [0, 0.05) is 29.7 Å². The maximum absolute atomic E-state index is 12.4. The Hall–Kier alpha value is -0.830. The minimum Gasteiger partial charge on any atom is -0.493 e. The molecular weight excluding hydrogens is 336 g/mol. The fourth-order valence-electron chi connectivity index (χ4n) is 1.84. The Morgan fingerprint density at radius 1 is 1.26 bits per heavy atom. The van der Waals surface area contributed by atoms with E-state index in [0.29, 0.717) is 29.1 Å². The van der Waals surface area contributed by atoms with Crippen LogP contribution in [0.2, 0.25) is 0 Å². The van der Waals surface area contributed by atoms with E-state index in [1.807, 2.05) is 0 Å². The van der Waals surface area contributed by atoms with Crippen molar-refractivity contribution in [1.29, 1.82) is 0 Å². The summed E-state index contributed by atoms with van der Waals surface area (Å²) in [6, 6.07) is 2.93. The summed E-state index contributed by atoms with van der Waals surface area (Å²) in [4.78, 5) is 0.150. The Kier molecular flexibility index (Phi) is 4.05. The number of hydrogen-bond acceptors (Lipinski definition) is 5. The number of nitrogens with zero attached hydrogens (tertiary/aromatic N) is 1. The maximum atomic E-state index is 12.4. The monoisotopic (exact) mass is 350 g/mol. The number of hydrogen-bond donors (Lipinski definition) is 1. The average Bonchev–Trinajstić information content (AvgIpc) is 2.34. The lowest BCUT2D eigenvalue weighted by atomic mass is 10.2. The summed E-state index contributed by atoms with van der Waals surface area (Å²) >= 11 is 3.25. The summed E-state index contributed by atoms with van der Waals surface area (Å²) in [5, 5.41) is 0. The molecule has 0 saturated carbocycles. The van der Waals surface area contributed by atoms with Crippen molar-refractivity contribution in [2.45, 2.75) is 10.9 Å². The summed E-state index contributed by atoms with van der Waals surface area (Å²) in [6.07, 6.45) is 0. The van der Waals surface area contributed by atoms with Crippen LogP contribution in [0.15, 0.2) is 21.5 Å². The van der Waals surface area contributed by atoms with Crippen molar-refractivity contribution in [3.63, 3.8) is 0 Å². The first kappa shape index (κ1) is 14.6. The number of nitrogens with two attached hydrogens (primary N) is 1. The number of rotatable bonds is 4. The van der Waals surface area contributed by atoms with E-state index in [-0.39, 0.29) is 10.9 Å². The Labute approximate surface area is 120 Å². The van der Waals surface area contributed by atoms with Gasteiger partial charge in [-0.15, -0.1) is 0 Å². The molecule has 6 nitrogen and oxygen atoms in total. The zero-order chi connectivity index (χ0) is 14.2. The summed E-state index contributed by atoms with van der Waals surface area (Å²) in [5.74, 6) is 0.836. The highest BCUT2D eigenvalue weighted by atomic mass is 79.9. The molecule has 1 aliphatic rings. The van der Waals surface area contributed by atoms with Crippen molar-refractivity contribution in [2.75, 3.05) is 27.3 Å². The van der Waals surface area contributed by atoms with Crippen molar-refractivity contribution >= 4 is 26.0 Å². The molecule has 2 N–H and O–H groups in total. The topological polar surface area (TPSA) is 81.9 Å². The van der Waals surface area contributed by atoms with Crippen LogP contribution in [-0.2, 0) is 10.0 Å². The normalized spacial score (nSPS) is 17.1. The molecule has 1 aliphatic heterocycles. The van der Waals surface area contributed by atoms with Gasteiger partial charge < -0.3 is 15.2 Å². The molecule has 1 aromatic rings. The van der Waals surface area contributed by atoms with E-state index in [0.717, 1.165) is 0 Å². The van der Waals surface area contributed by atoms with Crippen LogP contribution < -0.4 is 15.2 Å². The van der Waals surface area contributed by atoms with Gasteiger partial charge in [-0.1, -0.05) is 0 Å². The van der Waals surface area contributed by atoms with Crippen LogP contribution in [0.25, 0.3) is 0 Å². The number of ether oxygens (including phenoxy) is 2. The molecule has 19 heavy (non-hydrogen) atoms. The molecule has 0 radical (unpaired) electrons. The SMILES string of the molecule is COc1cc(Br)c(S(=O)(=O)N2CC(N)C2)cc1OC. The molecule has 8 heteroatoms. The summed E-state index contributed by atoms with van der Waals surface area (Å²) in [6.45, 7) is 0.673. The van der Waals surface area contributed by atoms with Gasteiger partial charge in [0.05, 0.1) is 14.2 Å². The van der Waals surface area contributed by atoms with Crippen molar-refractivity contribution < 1.29 is 17.9 Å². The highest BCUT2D eigenvalue weighted by Gasteiger charge is 2.36. The number of methoxy groups -OCH3 is 2. The van der Waals surface area contributed by atoms with E-state index in [1.165, 1.54) is 24.6 Å². The van der Waals surface area contributed by atoms with Crippen LogP contribution in [0.4, 0.5) is 0 Å². The van der Waals surface area contributed by atoms with Gasteiger partial charge in [0.2, 0.25) is 10.0 Å². The largest absolute Gasteiger partial charge is 0.493 e. The Balaban J connectivity index is 2.45. The first-order valence-corrected chi connectivity index (χ1v) is 7.80. The third kappa shape index (κ3) is 2.58. The molecule has 1 saturated heterocycles. The minimum absolute atomic E-state index is 0.0892. The molecule has 1 aromatic carbocycles. The molecule has 106 valence electrons. The molecular formula is C11H15BrN2O4S. The molecule has 0 atom stereocenters. The number of benzene rings is 1. The summed E-state index contributed by atoms with van der Waals surface area (Å²) in [5.41, 5.74) is 5.62. The number of sulfonamides is 1. The Morgan fingerprint density at radius 2 is 1.79 bits per heavy atom. The van der Waals surface area contributed by atoms with Crippen LogP contribution in [-0.4, -0.2) is 46.1 Å². The minimum atomic E-state index is -3.55. The van der Waals surface area contributed by atoms with Gasteiger partial charge >= 0.3 is 0 Å².